The molecule has 6 rings (SSSR count). The number of aromatic nitrogens is 4. The van der Waals surface area contributed by atoms with Crippen molar-refractivity contribution in [1.82, 2.24) is 25.6 Å². The fourth-order valence-electron chi connectivity index (χ4n) is 4.66. The number of hydrogen-bond donors (Lipinski definition) is 3. The highest BCUT2D eigenvalue weighted by atomic mass is 35.5. The van der Waals surface area contributed by atoms with Gasteiger partial charge in [0.25, 0.3) is 10.9 Å². The number of hydrogen-bond acceptors (Lipinski definition) is 13. The lowest BCUT2D eigenvalue weighted by Gasteiger charge is -2.13. The number of esters is 1. The van der Waals surface area contributed by atoms with Gasteiger partial charge in [-0.1, -0.05) is 66.2 Å². The Morgan fingerprint density at radius 1 is 0.843 bits per heavy atom. The van der Waals surface area contributed by atoms with E-state index < -0.39 is 20.8 Å². The van der Waals surface area contributed by atoms with Gasteiger partial charge in [-0.05, 0) is 70.0 Å². The van der Waals surface area contributed by atoms with Gasteiger partial charge in [0.1, 0.15) is 17.4 Å². The maximum absolute atomic E-state index is 12.9. The number of anilines is 4. The maximum Gasteiger partial charge on any atom is 0.310 e. The van der Waals surface area contributed by atoms with E-state index in [9.17, 15) is 18.0 Å². The summed E-state index contributed by atoms with van der Waals surface area (Å²) >= 11 is 6.33. The summed E-state index contributed by atoms with van der Waals surface area (Å²) in [7, 11) is -2.46. The first kappa shape index (κ1) is 34.5. The molecule has 0 atom stereocenters. The molecule has 0 aliphatic rings. The number of rotatable bonds is 13. The van der Waals surface area contributed by atoms with Gasteiger partial charge in [-0.25, -0.2) is 18.0 Å². The van der Waals surface area contributed by atoms with Crippen LogP contribution in [0.3, 0.4) is 0 Å². The van der Waals surface area contributed by atoms with Crippen molar-refractivity contribution in [3.63, 3.8) is 0 Å². The molecule has 6 aromatic rings. The van der Waals surface area contributed by atoms with E-state index in [4.69, 9.17) is 21.1 Å². The van der Waals surface area contributed by atoms with Crippen LogP contribution in [-0.2, 0) is 32.4 Å². The summed E-state index contributed by atoms with van der Waals surface area (Å²) in [5.74, 6) is -0.150. The number of nitrogens with zero attached hydrogens (tertiary/aromatic N) is 4. The molecule has 2 aromatic heterocycles. The normalized spacial score (nSPS) is 11.0. The van der Waals surface area contributed by atoms with Crippen LogP contribution in [-0.4, -0.2) is 47.6 Å². The summed E-state index contributed by atoms with van der Waals surface area (Å²) in [5, 5.41) is 15.7. The van der Waals surface area contributed by atoms with E-state index in [1.165, 1.54) is 18.3 Å². The summed E-state index contributed by atoms with van der Waals surface area (Å²) in [6.45, 7) is 0.00969. The van der Waals surface area contributed by atoms with Gasteiger partial charge < -0.3 is 25.4 Å². The lowest BCUT2D eigenvalue weighted by molar-refractivity contribution is -0.144. The van der Waals surface area contributed by atoms with Crippen molar-refractivity contribution in [2.75, 3.05) is 17.7 Å². The molecule has 0 aliphatic heterocycles. The zero-order valence-electron chi connectivity index (χ0n) is 26.7. The number of benzene rings is 4. The lowest BCUT2D eigenvalue weighted by atomic mass is 10.1. The molecule has 2 heterocycles. The minimum Gasteiger partial charge on any atom is -0.461 e. The third-order valence-electron chi connectivity index (χ3n) is 7.23. The van der Waals surface area contributed by atoms with Crippen molar-refractivity contribution in [1.29, 1.82) is 0 Å². The van der Waals surface area contributed by atoms with Crippen LogP contribution in [0.1, 0.15) is 21.5 Å². The second-order valence-electron chi connectivity index (χ2n) is 10.7. The number of para-hydroxylation sites is 1. The Bertz CT molecular complexity index is 2270. The van der Waals surface area contributed by atoms with E-state index in [0.717, 1.165) is 5.56 Å². The van der Waals surface area contributed by atoms with Crippen LogP contribution in [0.25, 0.3) is 0 Å². The molecule has 4 aromatic carbocycles. The number of nitrogens with one attached hydrogen (secondary N) is 3. The predicted octanol–water partition coefficient (Wildman–Crippen LogP) is 6.27. The highest BCUT2D eigenvalue weighted by Gasteiger charge is 2.28. The first-order valence-electron chi connectivity index (χ1n) is 15.2. The van der Waals surface area contributed by atoms with Crippen molar-refractivity contribution < 1.29 is 32.1 Å². The molecule has 3 N–H and O–H groups in total. The Kier molecular flexibility index (Phi) is 10.5. The minimum absolute atomic E-state index is 0.00969. The van der Waals surface area contributed by atoms with E-state index in [1.54, 1.807) is 98.0 Å². The van der Waals surface area contributed by atoms with Gasteiger partial charge in [-0.2, -0.15) is 4.98 Å². The molecule has 0 aliphatic carbocycles. The topological polar surface area (TPSA) is 188 Å². The van der Waals surface area contributed by atoms with E-state index in [0.29, 0.717) is 28.3 Å². The van der Waals surface area contributed by atoms with Crippen LogP contribution >= 0.6 is 11.6 Å². The summed E-state index contributed by atoms with van der Waals surface area (Å²) < 4.78 is 41.6. The van der Waals surface area contributed by atoms with Crippen LogP contribution < -0.4 is 20.7 Å². The first-order valence-corrected chi connectivity index (χ1v) is 17.1. The molecule has 258 valence electrons. The number of ether oxygens (including phenoxy) is 2. The SMILES string of the molecule is CNC(=O)c1ccccc1Nc1nc(Nc2ccc(CC(=O)OCc3ccc(Oc4nonc4S(=O)(=O)c4ccccc4)cc3)cc2)ncc1Cl. The van der Waals surface area contributed by atoms with Crippen molar-refractivity contribution in [2.24, 2.45) is 0 Å². The molecular formula is C35H28ClN7O7S. The third-order valence-corrected chi connectivity index (χ3v) is 9.16. The Morgan fingerprint density at radius 3 is 2.29 bits per heavy atom. The van der Waals surface area contributed by atoms with E-state index in [2.05, 4.69) is 40.9 Å². The summed E-state index contributed by atoms with van der Waals surface area (Å²) in [5.41, 5.74) is 3.03. The van der Waals surface area contributed by atoms with Crippen LogP contribution in [0.4, 0.5) is 23.1 Å². The fraction of sp³-hybridized carbons (Fsp3) is 0.0857. The Labute approximate surface area is 296 Å². The molecule has 16 heteroatoms. The van der Waals surface area contributed by atoms with E-state index in [-0.39, 0.29) is 46.4 Å². The number of sulfone groups is 1. The lowest BCUT2D eigenvalue weighted by Crippen LogP contribution is -2.19. The van der Waals surface area contributed by atoms with Crippen LogP contribution in [0.2, 0.25) is 5.02 Å². The maximum atomic E-state index is 12.9. The first-order chi connectivity index (χ1) is 24.7. The van der Waals surface area contributed by atoms with Crippen LogP contribution in [0.5, 0.6) is 11.6 Å². The molecule has 0 fully saturated rings. The average Bonchev–Trinajstić information content (AvgIpc) is 3.63. The third kappa shape index (κ3) is 8.46. The number of carbonyl (C=O) groups excluding carboxylic acids is 2. The molecule has 0 radical (unpaired) electrons. The molecule has 0 saturated carbocycles. The zero-order chi connectivity index (χ0) is 35.8. The Hall–Kier alpha value is -6.32. The number of amides is 1. The number of carbonyl (C=O) groups is 2. The zero-order valence-corrected chi connectivity index (χ0v) is 28.3. The standard InChI is InChI=1S/C35H28ClN7O7S/c1-37-32(45)27-9-5-6-10-29(27)40-31-28(36)20-38-35(41-31)39-24-15-11-22(12-16-24)19-30(44)48-21-23-13-17-25(18-14-23)49-33-34(43-50-42-33)51(46,47)26-7-3-2-4-8-26/h2-18,20H,19,21H2,1H3,(H,37,45)(H2,38,39,40,41). The summed E-state index contributed by atoms with van der Waals surface area (Å²) in [4.78, 5) is 33.5. The molecule has 51 heavy (non-hydrogen) atoms. The minimum atomic E-state index is -4.01. The van der Waals surface area contributed by atoms with Gasteiger partial charge in [0.15, 0.2) is 5.82 Å². The monoisotopic (exact) mass is 725 g/mol. The molecule has 0 unspecified atom stereocenters. The molecule has 0 saturated heterocycles. The van der Waals surface area contributed by atoms with Gasteiger partial charge in [-0.3, -0.25) is 9.59 Å². The van der Waals surface area contributed by atoms with Crippen molar-refractivity contribution >= 4 is 56.5 Å². The highest BCUT2D eigenvalue weighted by molar-refractivity contribution is 7.91. The Balaban J connectivity index is 1.01. The average molecular weight is 726 g/mol. The summed E-state index contributed by atoms with van der Waals surface area (Å²) in [6.07, 6.45) is 1.48. The quantitative estimate of drug-likeness (QED) is 0.113. The molecule has 1 amide bonds. The molecule has 14 nitrogen and oxygen atoms in total. The van der Waals surface area contributed by atoms with Gasteiger partial charge in [0.05, 0.1) is 28.8 Å². The molecule has 0 spiro atoms. The Morgan fingerprint density at radius 2 is 1.55 bits per heavy atom. The van der Waals surface area contributed by atoms with Gasteiger partial charge >= 0.3 is 11.8 Å². The van der Waals surface area contributed by atoms with Gasteiger partial charge in [0.2, 0.25) is 15.8 Å². The van der Waals surface area contributed by atoms with Crippen LogP contribution in [0.15, 0.2) is 124 Å². The van der Waals surface area contributed by atoms with E-state index >= 15 is 0 Å². The van der Waals surface area contributed by atoms with Crippen molar-refractivity contribution in [3.05, 3.63) is 131 Å². The summed E-state index contributed by atoms with van der Waals surface area (Å²) in [6, 6.07) is 28.3. The second kappa shape index (κ2) is 15.5. The highest BCUT2D eigenvalue weighted by Crippen LogP contribution is 2.30. The van der Waals surface area contributed by atoms with E-state index in [1.807, 2.05) is 0 Å². The number of halogens is 1. The predicted molar refractivity (Wildman–Crippen MR) is 186 cm³/mol. The molecule has 0 bridgehead atoms. The van der Waals surface area contributed by atoms with Crippen molar-refractivity contribution in [3.8, 4) is 11.6 Å². The smallest absolute Gasteiger partial charge is 0.310 e. The van der Waals surface area contributed by atoms with Crippen LogP contribution in [0, 0.1) is 0 Å². The second-order valence-corrected chi connectivity index (χ2v) is 13.0. The van der Waals surface area contributed by atoms with Gasteiger partial charge in [0, 0.05) is 12.7 Å². The largest absolute Gasteiger partial charge is 0.461 e. The molecular weight excluding hydrogens is 698 g/mol. The van der Waals surface area contributed by atoms with Crippen molar-refractivity contribution in [2.45, 2.75) is 22.9 Å². The fourth-order valence-corrected chi connectivity index (χ4v) is 5.98. The van der Waals surface area contributed by atoms with Gasteiger partial charge in [-0.15, -0.1) is 0 Å².